The monoisotopic (exact) mass is 285 g/mol. The largest absolute Gasteiger partial charge is 0.354 e. The first-order valence-corrected chi connectivity index (χ1v) is 6.83. The van der Waals surface area contributed by atoms with Crippen LogP contribution in [0.15, 0.2) is 16.9 Å². The minimum atomic E-state index is 0.719. The predicted octanol–water partition coefficient (Wildman–Crippen LogP) is 4.01. The third kappa shape index (κ3) is 6.05. The molecule has 0 amide bonds. The smallest absolute Gasteiger partial charge is 0.222 e. The van der Waals surface area contributed by atoms with Crippen LogP contribution in [-0.2, 0) is 0 Å². The molecule has 4 heteroatoms. The van der Waals surface area contributed by atoms with Crippen molar-refractivity contribution in [1.82, 2.24) is 9.97 Å². The lowest BCUT2D eigenvalue weighted by molar-refractivity contribution is 0.616. The summed E-state index contributed by atoms with van der Waals surface area (Å²) in [5.74, 6) is 0.719. The first kappa shape index (κ1) is 13.4. The average molecular weight is 286 g/mol. The van der Waals surface area contributed by atoms with Gasteiger partial charge in [0.25, 0.3) is 0 Å². The second-order valence-electron chi connectivity index (χ2n) is 3.92. The van der Waals surface area contributed by atoms with Crippen LogP contribution >= 0.6 is 15.9 Å². The van der Waals surface area contributed by atoms with E-state index in [1.54, 1.807) is 12.4 Å². The predicted molar refractivity (Wildman–Crippen MR) is 71.6 cm³/mol. The van der Waals surface area contributed by atoms with Crippen LogP contribution in [0.25, 0.3) is 0 Å². The Morgan fingerprint density at radius 3 is 2.38 bits per heavy atom. The van der Waals surface area contributed by atoms with Gasteiger partial charge in [-0.05, 0) is 22.4 Å². The van der Waals surface area contributed by atoms with Crippen molar-refractivity contribution in [3.05, 3.63) is 16.9 Å². The van der Waals surface area contributed by atoms with Gasteiger partial charge in [0.05, 0.1) is 4.47 Å². The van der Waals surface area contributed by atoms with Gasteiger partial charge in [-0.25, -0.2) is 9.97 Å². The number of hydrogen-bond donors (Lipinski definition) is 1. The minimum Gasteiger partial charge on any atom is -0.354 e. The number of halogens is 1. The molecule has 3 nitrogen and oxygen atoms in total. The molecule has 0 saturated carbocycles. The zero-order chi connectivity index (χ0) is 11.6. The lowest BCUT2D eigenvalue weighted by Crippen LogP contribution is -2.04. The van der Waals surface area contributed by atoms with Crippen LogP contribution in [0.4, 0.5) is 5.95 Å². The van der Waals surface area contributed by atoms with Crippen LogP contribution in [0.1, 0.15) is 45.4 Å². The lowest BCUT2D eigenvalue weighted by Gasteiger charge is -2.04. The van der Waals surface area contributed by atoms with Gasteiger partial charge >= 0.3 is 0 Å². The molecular weight excluding hydrogens is 266 g/mol. The summed E-state index contributed by atoms with van der Waals surface area (Å²) in [5, 5.41) is 3.22. The van der Waals surface area contributed by atoms with Crippen molar-refractivity contribution in [2.45, 2.75) is 45.4 Å². The van der Waals surface area contributed by atoms with Crippen LogP contribution in [0.5, 0.6) is 0 Å². The number of nitrogens with one attached hydrogen (secondary N) is 1. The van der Waals surface area contributed by atoms with E-state index >= 15 is 0 Å². The number of nitrogens with zero attached hydrogens (tertiary/aromatic N) is 2. The number of anilines is 1. The first-order chi connectivity index (χ1) is 7.83. The van der Waals surface area contributed by atoms with Crippen molar-refractivity contribution in [1.29, 1.82) is 0 Å². The summed E-state index contributed by atoms with van der Waals surface area (Å²) in [6.07, 6.45) is 11.4. The molecule has 0 radical (unpaired) electrons. The fraction of sp³-hybridized carbons (Fsp3) is 0.667. The van der Waals surface area contributed by atoms with E-state index in [4.69, 9.17) is 0 Å². The summed E-state index contributed by atoms with van der Waals surface area (Å²) >= 11 is 3.31. The highest BCUT2D eigenvalue weighted by Crippen LogP contribution is 2.08. The Morgan fingerprint density at radius 1 is 1.06 bits per heavy atom. The van der Waals surface area contributed by atoms with Gasteiger partial charge in [-0.1, -0.05) is 39.0 Å². The van der Waals surface area contributed by atoms with E-state index in [1.165, 1.54) is 38.5 Å². The van der Waals surface area contributed by atoms with Crippen molar-refractivity contribution < 1.29 is 0 Å². The third-order valence-electron chi connectivity index (χ3n) is 2.43. The van der Waals surface area contributed by atoms with E-state index in [-0.39, 0.29) is 0 Å². The van der Waals surface area contributed by atoms with Crippen molar-refractivity contribution in [2.24, 2.45) is 0 Å². The molecule has 1 aromatic heterocycles. The van der Waals surface area contributed by atoms with Gasteiger partial charge in [0, 0.05) is 18.9 Å². The van der Waals surface area contributed by atoms with E-state index in [0.717, 1.165) is 17.0 Å². The standard InChI is InChI=1S/C12H20BrN3/c1-2-3-4-5-6-7-8-14-12-15-9-11(13)10-16-12/h9-10H,2-8H2,1H3,(H,14,15,16). The maximum absolute atomic E-state index is 4.16. The topological polar surface area (TPSA) is 37.8 Å². The fourth-order valence-corrected chi connectivity index (χ4v) is 1.71. The van der Waals surface area contributed by atoms with E-state index in [9.17, 15) is 0 Å². The second-order valence-corrected chi connectivity index (χ2v) is 4.84. The van der Waals surface area contributed by atoms with Gasteiger partial charge < -0.3 is 5.32 Å². The van der Waals surface area contributed by atoms with Crippen LogP contribution < -0.4 is 5.32 Å². The molecule has 0 aliphatic rings. The molecule has 0 fully saturated rings. The van der Waals surface area contributed by atoms with E-state index in [2.05, 4.69) is 38.1 Å². The number of unbranched alkanes of at least 4 members (excludes halogenated alkanes) is 5. The molecule has 0 aliphatic carbocycles. The SMILES string of the molecule is CCCCCCCCNc1ncc(Br)cn1. The molecule has 0 bridgehead atoms. The average Bonchev–Trinajstić information content (AvgIpc) is 2.30. The fourth-order valence-electron chi connectivity index (χ4n) is 1.51. The minimum absolute atomic E-state index is 0.719. The number of hydrogen-bond acceptors (Lipinski definition) is 3. The van der Waals surface area contributed by atoms with Crippen molar-refractivity contribution in [2.75, 3.05) is 11.9 Å². The Labute approximate surface area is 106 Å². The summed E-state index contributed by atoms with van der Waals surface area (Å²) in [7, 11) is 0. The molecule has 90 valence electrons. The molecule has 1 heterocycles. The zero-order valence-corrected chi connectivity index (χ0v) is 11.5. The van der Waals surface area contributed by atoms with E-state index in [1.807, 2.05) is 0 Å². The highest BCUT2D eigenvalue weighted by molar-refractivity contribution is 9.10. The Bertz CT molecular complexity index is 274. The maximum atomic E-state index is 4.16. The first-order valence-electron chi connectivity index (χ1n) is 6.04. The van der Waals surface area contributed by atoms with Gasteiger partial charge in [-0.15, -0.1) is 0 Å². The summed E-state index contributed by atoms with van der Waals surface area (Å²) < 4.78 is 0.914. The van der Waals surface area contributed by atoms with Crippen molar-refractivity contribution in [3.63, 3.8) is 0 Å². The van der Waals surface area contributed by atoms with Crippen molar-refractivity contribution >= 4 is 21.9 Å². The van der Waals surface area contributed by atoms with E-state index in [0.29, 0.717) is 0 Å². The normalized spacial score (nSPS) is 10.4. The summed E-state index contributed by atoms with van der Waals surface area (Å²) in [5.41, 5.74) is 0. The Morgan fingerprint density at radius 2 is 1.69 bits per heavy atom. The van der Waals surface area contributed by atoms with Gasteiger partial charge in [0.15, 0.2) is 0 Å². The highest BCUT2D eigenvalue weighted by atomic mass is 79.9. The van der Waals surface area contributed by atoms with Crippen LogP contribution in [0.2, 0.25) is 0 Å². The third-order valence-corrected chi connectivity index (χ3v) is 2.84. The quantitative estimate of drug-likeness (QED) is 0.734. The van der Waals surface area contributed by atoms with Gasteiger partial charge in [-0.3, -0.25) is 0 Å². The molecule has 0 aliphatic heterocycles. The lowest BCUT2D eigenvalue weighted by atomic mass is 10.1. The molecule has 0 spiro atoms. The maximum Gasteiger partial charge on any atom is 0.222 e. The Kier molecular flexibility index (Phi) is 7.14. The van der Waals surface area contributed by atoms with Gasteiger partial charge in [0.2, 0.25) is 5.95 Å². The Balaban J connectivity index is 2.01. The van der Waals surface area contributed by atoms with Gasteiger partial charge in [0.1, 0.15) is 0 Å². The summed E-state index contributed by atoms with van der Waals surface area (Å²) in [6, 6.07) is 0. The molecular formula is C12H20BrN3. The second kappa shape index (κ2) is 8.50. The molecule has 1 rings (SSSR count). The highest BCUT2D eigenvalue weighted by Gasteiger charge is 1.94. The van der Waals surface area contributed by atoms with Crippen LogP contribution in [0.3, 0.4) is 0 Å². The summed E-state index contributed by atoms with van der Waals surface area (Å²) in [6.45, 7) is 3.21. The zero-order valence-electron chi connectivity index (χ0n) is 9.88. The molecule has 0 atom stereocenters. The van der Waals surface area contributed by atoms with Crippen LogP contribution in [-0.4, -0.2) is 16.5 Å². The van der Waals surface area contributed by atoms with Crippen molar-refractivity contribution in [3.8, 4) is 0 Å². The number of rotatable bonds is 8. The summed E-state index contributed by atoms with van der Waals surface area (Å²) in [4.78, 5) is 8.31. The molecule has 0 aromatic carbocycles. The molecule has 1 aromatic rings. The number of aromatic nitrogens is 2. The molecule has 0 unspecified atom stereocenters. The molecule has 0 saturated heterocycles. The van der Waals surface area contributed by atoms with Gasteiger partial charge in [-0.2, -0.15) is 0 Å². The van der Waals surface area contributed by atoms with Crippen LogP contribution in [0, 0.1) is 0 Å². The van der Waals surface area contributed by atoms with E-state index < -0.39 is 0 Å². The molecule has 16 heavy (non-hydrogen) atoms. The Hall–Kier alpha value is -0.640. The molecule has 1 N–H and O–H groups in total.